The Bertz CT molecular complexity index is 507. The second-order valence-electron chi connectivity index (χ2n) is 4.31. The van der Waals surface area contributed by atoms with E-state index >= 15 is 0 Å². The van der Waals surface area contributed by atoms with Crippen LogP contribution in [0.3, 0.4) is 0 Å². The molecule has 6 heteroatoms. The normalized spacial score (nSPS) is 12.6. The highest BCUT2D eigenvalue weighted by molar-refractivity contribution is 5.21. The monoisotopic (exact) mass is 246 g/mol. The molecule has 1 N–H and O–H groups in total. The van der Waals surface area contributed by atoms with Gasteiger partial charge in [0.1, 0.15) is 0 Å². The maximum Gasteiger partial charge on any atom is 0.176 e. The smallest absolute Gasteiger partial charge is 0.176 e. The molecule has 6 nitrogen and oxygen atoms in total. The molecule has 2 heterocycles. The van der Waals surface area contributed by atoms with Crippen molar-refractivity contribution in [3.63, 3.8) is 0 Å². The van der Waals surface area contributed by atoms with Gasteiger partial charge < -0.3 is 5.32 Å². The summed E-state index contributed by atoms with van der Waals surface area (Å²) in [5, 5.41) is 15.5. The molecule has 0 radical (unpaired) electrons. The van der Waals surface area contributed by atoms with E-state index in [1.54, 1.807) is 7.05 Å². The predicted molar refractivity (Wildman–Crippen MR) is 67.9 cm³/mol. The van der Waals surface area contributed by atoms with Gasteiger partial charge in [0.2, 0.25) is 0 Å². The number of likely N-dealkylation sites (N-methyl/N-ethyl adjacent to an activating group) is 1. The van der Waals surface area contributed by atoms with Crippen LogP contribution in [-0.4, -0.2) is 31.7 Å². The number of nitrogens with one attached hydrogen (secondary N) is 1. The minimum absolute atomic E-state index is 0.173. The lowest BCUT2D eigenvalue weighted by molar-refractivity contribution is 0.533. The summed E-state index contributed by atoms with van der Waals surface area (Å²) in [6, 6.07) is 2.31. The van der Waals surface area contributed by atoms with Gasteiger partial charge in [-0.05, 0) is 29.8 Å². The average molecular weight is 246 g/mol. The van der Waals surface area contributed by atoms with Gasteiger partial charge in [0, 0.05) is 24.9 Å². The Morgan fingerprint density at radius 3 is 2.83 bits per heavy atom. The lowest BCUT2D eigenvalue weighted by Crippen LogP contribution is -2.23. The largest absolute Gasteiger partial charge is 0.310 e. The van der Waals surface area contributed by atoms with E-state index < -0.39 is 0 Å². The van der Waals surface area contributed by atoms with Crippen LogP contribution in [0.1, 0.15) is 29.9 Å². The Morgan fingerprint density at radius 2 is 2.22 bits per heavy atom. The molecule has 1 unspecified atom stereocenters. The highest BCUT2D eigenvalue weighted by Gasteiger charge is 2.14. The maximum absolute atomic E-state index is 4.23. The van der Waals surface area contributed by atoms with Crippen LogP contribution in [0.15, 0.2) is 18.5 Å². The van der Waals surface area contributed by atoms with Crippen LogP contribution in [0.25, 0.3) is 0 Å². The Balaban J connectivity index is 2.17. The highest BCUT2D eigenvalue weighted by Crippen LogP contribution is 2.16. The molecule has 0 aromatic carbocycles. The van der Waals surface area contributed by atoms with Crippen LogP contribution in [0, 0.1) is 6.92 Å². The van der Waals surface area contributed by atoms with Gasteiger partial charge in [-0.15, -0.1) is 10.2 Å². The average Bonchev–Trinajstić information content (AvgIpc) is 2.74. The van der Waals surface area contributed by atoms with Gasteiger partial charge in [0.25, 0.3) is 0 Å². The molecule has 0 bridgehead atoms. The Labute approximate surface area is 106 Å². The summed E-state index contributed by atoms with van der Waals surface area (Å²) >= 11 is 0. The standard InChI is InChI=1S/C12H18N6/c1-4-14-11(6-12-15-17-18(3)16-12)10-5-9(2)7-13-8-10/h5,7-8,11,14H,4,6H2,1-3H3. The van der Waals surface area contributed by atoms with Gasteiger partial charge in [0.15, 0.2) is 5.82 Å². The number of tetrazole rings is 1. The van der Waals surface area contributed by atoms with Gasteiger partial charge in [-0.2, -0.15) is 4.80 Å². The van der Waals surface area contributed by atoms with Crippen molar-refractivity contribution >= 4 is 0 Å². The van der Waals surface area contributed by atoms with Crippen molar-refractivity contribution in [2.24, 2.45) is 7.05 Å². The van der Waals surface area contributed by atoms with Gasteiger partial charge in [-0.3, -0.25) is 4.98 Å². The van der Waals surface area contributed by atoms with E-state index in [-0.39, 0.29) is 6.04 Å². The van der Waals surface area contributed by atoms with E-state index in [0.717, 1.165) is 23.5 Å². The van der Waals surface area contributed by atoms with Crippen molar-refractivity contribution in [2.45, 2.75) is 26.3 Å². The molecule has 0 aliphatic rings. The van der Waals surface area contributed by atoms with E-state index in [4.69, 9.17) is 0 Å². The fourth-order valence-electron chi connectivity index (χ4n) is 1.91. The first-order chi connectivity index (χ1) is 8.69. The molecule has 0 spiro atoms. The van der Waals surface area contributed by atoms with E-state index in [2.05, 4.69) is 38.7 Å². The first-order valence-corrected chi connectivity index (χ1v) is 6.07. The molecule has 0 fully saturated rings. The van der Waals surface area contributed by atoms with E-state index in [9.17, 15) is 0 Å². The van der Waals surface area contributed by atoms with Gasteiger partial charge in [-0.1, -0.05) is 13.0 Å². The third-order valence-corrected chi connectivity index (χ3v) is 2.69. The SMILES string of the molecule is CCNC(Cc1nnn(C)n1)c1cncc(C)c1. The zero-order valence-electron chi connectivity index (χ0n) is 11.0. The number of nitrogens with zero attached hydrogens (tertiary/aromatic N) is 5. The summed E-state index contributed by atoms with van der Waals surface area (Å²) < 4.78 is 0. The minimum atomic E-state index is 0.173. The lowest BCUT2D eigenvalue weighted by Gasteiger charge is -2.16. The molecular weight excluding hydrogens is 228 g/mol. The van der Waals surface area contributed by atoms with Crippen LogP contribution in [-0.2, 0) is 13.5 Å². The number of pyridine rings is 1. The number of aromatic nitrogens is 5. The summed E-state index contributed by atoms with van der Waals surface area (Å²) in [4.78, 5) is 5.71. The molecule has 0 saturated heterocycles. The molecular formula is C12H18N6. The first-order valence-electron chi connectivity index (χ1n) is 6.07. The first kappa shape index (κ1) is 12.6. The summed E-state index contributed by atoms with van der Waals surface area (Å²) in [5.41, 5.74) is 2.31. The third kappa shape index (κ3) is 3.10. The Kier molecular flexibility index (Phi) is 3.99. The van der Waals surface area contributed by atoms with E-state index in [1.165, 1.54) is 4.80 Å². The van der Waals surface area contributed by atoms with Crippen molar-refractivity contribution in [1.82, 2.24) is 30.5 Å². The Morgan fingerprint density at radius 1 is 1.39 bits per heavy atom. The molecule has 2 rings (SSSR count). The summed E-state index contributed by atoms with van der Waals surface area (Å²) in [6.07, 6.45) is 4.45. The van der Waals surface area contributed by atoms with Crippen LogP contribution in [0.4, 0.5) is 0 Å². The number of aryl methyl sites for hydroxylation is 2. The van der Waals surface area contributed by atoms with Crippen molar-refractivity contribution in [2.75, 3.05) is 6.54 Å². The fraction of sp³-hybridized carbons (Fsp3) is 0.500. The van der Waals surface area contributed by atoms with Gasteiger partial charge in [-0.25, -0.2) is 0 Å². The van der Waals surface area contributed by atoms with Crippen LogP contribution >= 0.6 is 0 Å². The summed E-state index contributed by atoms with van der Waals surface area (Å²) in [6.45, 7) is 5.01. The number of hydrogen-bond acceptors (Lipinski definition) is 5. The lowest BCUT2D eigenvalue weighted by atomic mass is 10.0. The molecule has 0 aliphatic carbocycles. The van der Waals surface area contributed by atoms with Crippen LogP contribution in [0.5, 0.6) is 0 Å². The molecule has 0 saturated carbocycles. The van der Waals surface area contributed by atoms with Gasteiger partial charge >= 0.3 is 0 Å². The van der Waals surface area contributed by atoms with Crippen molar-refractivity contribution in [3.8, 4) is 0 Å². The van der Waals surface area contributed by atoms with E-state index in [1.807, 2.05) is 19.3 Å². The third-order valence-electron chi connectivity index (χ3n) is 2.69. The van der Waals surface area contributed by atoms with Crippen LogP contribution < -0.4 is 5.32 Å². The highest BCUT2D eigenvalue weighted by atomic mass is 15.6. The molecule has 18 heavy (non-hydrogen) atoms. The second-order valence-corrected chi connectivity index (χ2v) is 4.31. The zero-order chi connectivity index (χ0) is 13.0. The van der Waals surface area contributed by atoms with Crippen molar-refractivity contribution < 1.29 is 0 Å². The molecule has 2 aromatic heterocycles. The molecule has 0 aliphatic heterocycles. The van der Waals surface area contributed by atoms with Crippen molar-refractivity contribution in [3.05, 3.63) is 35.4 Å². The maximum atomic E-state index is 4.23. The Hall–Kier alpha value is -1.82. The van der Waals surface area contributed by atoms with E-state index in [0.29, 0.717) is 6.42 Å². The predicted octanol–water partition coefficient (Wildman–Crippen LogP) is 0.807. The van der Waals surface area contributed by atoms with Crippen LogP contribution in [0.2, 0.25) is 0 Å². The molecule has 1 atom stereocenters. The van der Waals surface area contributed by atoms with Crippen molar-refractivity contribution in [1.29, 1.82) is 0 Å². The minimum Gasteiger partial charge on any atom is -0.310 e. The quantitative estimate of drug-likeness (QED) is 0.845. The number of hydrogen-bond donors (Lipinski definition) is 1. The number of rotatable bonds is 5. The molecule has 2 aromatic rings. The molecule has 0 amide bonds. The summed E-state index contributed by atoms with van der Waals surface area (Å²) in [7, 11) is 1.77. The van der Waals surface area contributed by atoms with Gasteiger partial charge in [0.05, 0.1) is 7.05 Å². The summed E-state index contributed by atoms with van der Waals surface area (Å²) in [5.74, 6) is 0.741. The fourth-order valence-corrected chi connectivity index (χ4v) is 1.91. The topological polar surface area (TPSA) is 68.5 Å². The zero-order valence-corrected chi connectivity index (χ0v) is 11.0. The molecule has 96 valence electrons. The second kappa shape index (κ2) is 5.68.